The molecule has 1 aliphatic rings. The van der Waals surface area contributed by atoms with E-state index in [4.69, 9.17) is 0 Å². The number of aromatic nitrogens is 2. The van der Waals surface area contributed by atoms with Crippen LogP contribution in [0.2, 0.25) is 0 Å². The minimum atomic E-state index is -0.553. The molecule has 6 nitrogen and oxygen atoms in total. The second kappa shape index (κ2) is 9.40. The van der Waals surface area contributed by atoms with E-state index in [9.17, 15) is 9.90 Å². The van der Waals surface area contributed by atoms with Gasteiger partial charge in [0, 0.05) is 36.6 Å². The Labute approximate surface area is 154 Å². The number of nitrogens with zero attached hydrogens (tertiary/aromatic N) is 3. The molecule has 3 rings (SSSR count). The first-order valence-electron chi connectivity index (χ1n) is 9.26. The van der Waals surface area contributed by atoms with Gasteiger partial charge in [-0.15, -0.1) is 0 Å². The summed E-state index contributed by atoms with van der Waals surface area (Å²) in [4.78, 5) is 22.7. The van der Waals surface area contributed by atoms with Crippen LogP contribution in [0.1, 0.15) is 36.0 Å². The van der Waals surface area contributed by atoms with Crippen molar-refractivity contribution in [3.8, 4) is 11.1 Å². The number of β-amino-alcohol motifs (C(OH)–C–C–N with tert-alkyl or cyclic N) is 1. The van der Waals surface area contributed by atoms with Crippen LogP contribution >= 0.6 is 0 Å². The molecule has 1 aliphatic heterocycles. The smallest absolute Gasteiger partial charge is 0.251 e. The quantitative estimate of drug-likeness (QED) is 0.831. The number of aliphatic hydroxyl groups excluding tert-OH is 1. The van der Waals surface area contributed by atoms with Crippen LogP contribution in [0.15, 0.2) is 43.0 Å². The van der Waals surface area contributed by atoms with E-state index in [2.05, 4.69) is 20.2 Å². The maximum Gasteiger partial charge on any atom is 0.251 e. The Morgan fingerprint density at radius 3 is 2.58 bits per heavy atom. The summed E-state index contributed by atoms with van der Waals surface area (Å²) in [6.45, 7) is 2.94. The second-order valence-electron chi connectivity index (χ2n) is 6.79. The number of carbonyl (C=O) groups excluding carboxylic acids is 1. The van der Waals surface area contributed by atoms with Gasteiger partial charge in [0.1, 0.15) is 6.33 Å². The van der Waals surface area contributed by atoms with Crippen molar-refractivity contribution in [1.29, 1.82) is 0 Å². The molecule has 1 aromatic heterocycles. The number of nitrogens with one attached hydrogen (secondary N) is 1. The van der Waals surface area contributed by atoms with Gasteiger partial charge in [0.2, 0.25) is 0 Å². The van der Waals surface area contributed by atoms with Gasteiger partial charge in [-0.1, -0.05) is 25.0 Å². The van der Waals surface area contributed by atoms with Crippen LogP contribution in [0.4, 0.5) is 0 Å². The first-order valence-corrected chi connectivity index (χ1v) is 9.26. The topological polar surface area (TPSA) is 78.4 Å². The average molecular weight is 354 g/mol. The van der Waals surface area contributed by atoms with Crippen LogP contribution in [0.25, 0.3) is 11.1 Å². The molecular weight excluding hydrogens is 328 g/mol. The molecule has 2 N–H and O–H groups in total. The molecule has 6 heteroatoms. The number of rotatable bonds is 6. The van der Waals surface area contributed by atoms with E-state index in [1.165, 1.54) is 32.0 Å². The molecule has 1 unspecified atom stereocenters. The van der Waals surface area contributed by atoms with Crippen LogP contribution in [-0.4, -0.2) is 58.2 Å². The lowest BCUT2D eigenvalue weighted by molar-refractivity contribution is 0.0862. The summed E-state index contributed by atoms with van der Waals surface area (Å²) in [5, 5.41) is 13.1. The molecule has 2 heterocycles. The van der Waals surface area contributed by atoms with Crippen LogP contribution in [-0.2, 0) is 0 Å². The van der Waals surface area contributed by atoms with Crippen molar-refractivity contribution in [2.75, 3.05) is 26.2 Å². The zero-order chi connectivity index (χ0) is 18.2. The van der Waals surface area contributed by atoms with E-state index in [1.54, 1.807) is 18.5 Å². The van der Waals surface area contributed by atoms with Crippen molar-refractivity contribution in [1.82, 2.24) is 20.2 Å². The SMILES string of the molecule is O=C(NCC(O)CN1CCCCCC1)c1cccc(-c2cncnc2)c1. The largest absolute Gasteiger partial charge is 0.390 e. The summed E-state index contributed by atoms with van der Waals surface area (Å²) >= 11 is 0. The highest BCUT2D eigenvalue weighted by Gasteiger charge is 2.15. The monoisotopic (exact) mass is 354 g/mol. The first kappa shape index (κ1) is 18.5. The van der Waals surface area contributed by atoms with E-state index in [0.717, 1.165) is 24.2 Å². The predicted molar refractivity (Wildman–Crippen MR) is 101 cm³/mol. The molecule has 0 bridgehead atoms. The van der Waals surface area contributed by atoms with E-state index in [-0.39, 0.29) is 12.5 Å². The van der Waals surface area contributed by atoms with E-state index in [0.29, 0.717) is 12.1 Å². The summed E-state index contributed by atoms with van der Waals surface area (Å²) in [7, 11) is 0. The molecule has 1 amide bonds. The Morgan fingerprint density at radius 2 is 1.85 bits per heavy atom. The van der Waals surface area contributed by atoms with Gasteiger partial charge in [0.15, 0.2) is 0 Å². The first-order chi connectivity index (χ1) is 12.7. The summed E-state index contributed by atoms with van der Waals surface area (Å²) < 4.78 is 0. The van der Waals surface area contributed by atoms with Crippen molar-refractivity contribution in [3.63, 3.8) is 0 Å². The summed E-state index contributed by atoms with van der Waals surface area (Å²) in [5.74, 6) is -0.182. The van der Waals surface area contributed by atoms with Gasteiger partial charge in [-0.2, -0.15) is 0 Å². The van der Waals surface area contributed by atoms with E-state index >= 15 is 0 Å². The van der Waals surface area contributed by atoms with Gasteiger partial charge in [-0.3, -0.25) is 4.79 Å². The van der Waals surface area contributed by atoms with Crippen molar-refractivity contribution in [2.24, 2.45) is 0 Å². The molecule has 1 aromatic carbocycles. The van der Waals surface area contributed by atoms with Crippen molar-refractivity contribution in [3.05, 3.63) is 48.5 Å². The molecule has 0 radical (unpaired) electrons. The number of carbonyl (C=O) groups is 1. The molecule has 0 saturated carbocycles. The highest BCUT2D eigenvalue weighted by atomic mass is 16.3. The highest BCUT2D eigenvalue weighted by molar-refractivity contribution is 5.95. The Morgan fingerprint density at radius 1 is 1.12 bits per heavy atom. The Bertz CT molecular complexity index is 700. The van der Waals surface area contributed by atoms with Crippen molar-refractivity contribution >= 4 is 5.91 Å². The van der Waals surface area contributed by atoms with Gasteiger partial charge < -0.3 is 15.3 Å². The van der Waals surface area contributed by atoms with Crippen LogP contribution in [0.3, 0.4) is 0 Å². The van der Waals surface area contributed by atoms with Crippen LogP contribution < -0.4 is 5.32 Å². The molecule has 0 spiro atoms. The lowest BCUT2D eigenvalue weighted by Crippen LogP contribution is -2.40. The molecule has 2 aromatic rings. The number of aliphatic hydroxyl groups is 1. The zero-order valence-electron chi connectivity index (χ0n) is 15.0. The van der Waals surface area contributed by atoms with Crippen LogP contribution in [0.5, 0.6) is 0 Å². The number of benzene rings is 1. The summed E-state index contributed by atoms with van der Waals surface area (Å²) in [5.41, 5.74) is 2.32. The third kappa shape index (κ3) is 5.34. The number of likely N-dealkylation sites (tertiary alicyclic amines) is 1. The lowest BCUT2D eigenvalue weighted by Gasteiger charge is -2.23. The fourth-order valence-corrected chi connectivity index (χ4v) is 3.28. The third-order valence-corrected chi connectivity index (χ3v) is 4.68. The van der Waals surface area contributed by atoms with Crippen molar-refractivity contribution < 1.29 is 9.90 Å². The van der Waals surface area contributed by atoms with Crippen molar-refractivity contribution in [2.45, 2.75) is 31.8 Å². The van der Waals surface area contributed by atoms with Gasteiger partial charge in [0.25, 0.3) is 5.91 Å². The Hall–Kier alpha value is -2.31. The van der Waals surface area contributed by atoms with Crippen LogP contribution in [0, 0.1) is 0 Å². The Kier molecular flexibility index (Phi) is 6.68. The van der Waals surface area contributed by atoms with Gasteiger partial charge in [0.05, 0.1) is 6.10 Å². The molecule has 26 heavy (non-hydrogen) atoms. The predicted octanol–water partition coefficient (Wildman–Crippen LogP) is 2.11. The molecule has 1 fully saturated rings. The standard InChI is InChI=1S/C20H26N4O2/c25-19(14-24-8-3-1-2-4-9-24)13-23-20(26)17-7-5-6-16(10-17)18-11-21-15-22-12-18/h5-7,10-12,15,19,25H,1-4,8-9,13-14H2,(H,23,26). The Balaban J connectivity index is 1.53. The normalized spacial score (nSPS) is 16.7. The average Bonchev–Trinajstić information content (AvgIpc) is 2.95. The molecule has 138 valence electrons. The fourth-order valence-electron chi connectivity index (χ4n) is 3.28. The molecule has 0 aliphatic carbocycles. The molecule has 1 atom stereocenters. The maximum atomic E-state index is 12.4. The number of hydrogen-bond donors (Lipinski definition) is 2. The molecule has 1 saturated heterocycles. The minimum Gasteiger partial charge on any atom is -0.390 e. The third-order valence-electron chi connectivity index (χ3n) is 4.68. The fraction of sp³-hybridized carbons (Fsp3) is 0.450. The van der Waals surface area contributed by atoms with Gasteiger partial charge in [-0.25, -0.2) is 9.97 Å². The van der Waals surface area contributed by atoms with Gasteiger partial charge >= 0.3 is 0 Å². The van der Waals surface area contributed by atoms with Gasteiger partial charge in [-0.05, 0) is 43.6 Å². The number of amides is 1. The summed E-state index contributed by atoms with van der Waals surface area (Å²) in [6, 6.07) is 7.34. The van der Waals surface area contributed by atoms with E-state index in [1.807, 2.05) is 18.2 Å². The van der Waals surface area contributed by atoms with E-state index < -0.39 is 6.10 Å². The maximum absolute atomic E-state index is 12.4. The number of hydrogen-bond acceptors (Lipinski definition) is 5. The minimum absolute atomic E-state index is 0.182. The lowest BCUT2D eigenvalue weighted by atomic mass is 10.1. The molecular formula is C20H26N4O2. The zero-order valence-corrected chi connectivity index (χ0v) is 15.0. The summed E-state index contributed by atoms with van der Waals surface area (Å²) in [6.07, 6.45) is 9.28. The second-order valence-corrected chi connectivity index (χ2v) is 6.79. The highest BCUT2D eigenvalue weighted by Crippen LogP contribution is 2.18.